The van der Waals surface area contributed by atoms with Crippen LogP contribution in [0.2, 0.25) is 0 Å². The van der Waals surface area contributed by atoms with Crippen LogP contribution in [0.25, 0.3) is 0 Å². The van der Waals surface area contributed by atoms with E-state index in [-0.39, 0.29) is 11.9 Å². The molecule has 0 amide bonds. The fraction of sp³-hybridized carbons (Fsp3) is 0.727. The van der Waals surface area contributed by atoms with E-state index in [1.54, 1.807) is 0 Å². The highest BCUT2D eigenvalue weighted by Gasteiger charge is 2.34. The molecular formula is C11H19NO2. The highest BCUT2D eigenvalue weighted by atomic mass is 16.5. The van der Waals surface area contributed by atoms with Crippen molar-refractivity contribution in [2.45, 2.75) is 13.3 Å². The van der Waals surface area contributed by atoms with Crippen LogP contribution >= 0.6 is 0 Å². The lowest BCUT2D eigenvalue weighted by atomic mass is 9.99. The number of carbonyl (C=O) groups excluding carboxylic acids is 1. The van der Waals surface area contributed by atoms with E-state index in [2.05, 4.69) is 18.4 Å². The van der Waals surface area contributed by atoms with Crippen LogP contribution in [-0.2, 0) is 9.53 Å². The molecule has 0 N–H and O–H groups in total. The number of rotatable bonds is 4. The molecule has 3 heteroatoms. The Balaban J connectivity index is 2.42. The number of esters is 1. The zero-order valence-corrected chi connectivity index (χ0v) is 9.03. The Morgan fingerprint density at radius 2 is 2.36 bits per heavy atom. The van der Waals surface area contributed by atoms with Gasteiger partial charge in [-0.05, 0) is 12.3 Å². The van der Waals surface area contributed by atoms with Crippen LogP contribution in [0.5, 0.6) is 0 Å². The Labute approximate surface area is 85.7 Å². The van der Waals surface area contributed by atoms with E-state index >= 15 is 0 Å². The predicted molar refractivity (Wildman–Crippen MR) is 55.9 cm³/mol. The van der Waals surface area contributed by atoms with Crippen LogP contribution in [0.15, 0.2) is 12.7 Å². The average molecular weight is 197 g/mol. The fourth-order valence-electron chi connectivity index (χ4n) is 1.98. The standard InChI is InChI=1S/C11H19NO2/c1-4-5-6-12-7-9(2)10(8-12)11(13)14-3/h4,9-10H,1,5-8H2,2-3H3. The first kappa shape index (κ1) is 11.2. The maximum atomic E-state index is 11.4. The lowest BCUT2D eigenvalue weighted by Gasteiger charge is -2.13. The highest BCUT2D eigenvalue weighted by molar-refractivity contribution is 5.73. The number of likely N-dealkylation sites (tertiary alicyclic amines) is 1. The molecule has 1 aliphatic heterocycles. The minimum Gasteiger partial charge on any atom is -0.469 e. The molecule has 3 nitrogen and oxygen atoms in total. The van der Waals surface area contributed by atoms with Crippen LogP contribution in [0.1, 0.15) is 13.3 Å². The maximum Gasteiger partial charge on any atom is 0.310 e. The Hall–Kier alpha value is -0.830. The van der Waals surface area contributed by atoms with Crippen molar-refractivity contribution in [3.63, 3.8) is 0 Å². The van der Waals surface area contributed by atoms with Crippen LogP contribution in [0, 0.1) is 11.8 Å². The molecule has 0 spiro atoms. The van der Waals surface area contributed by atoms with Gasteiger partial charge in [0, 0.05) is 19.6 Å². The first-order chi connectivity index (χ1) is 6.69. The third kappa shape index (κ3) is 2.58. The van der Waals surface area contributed by atoms with Crippen LogP contribution in [0.4, 0.5) is 0 Å². The van der Waals surface area contributed by atoms with E-state index < -0.39 is 0 Å². The van der Waals surface area contributed by atoms with Crippen molar-refractivity contribution < 1.29 is 9.53 Å². The molecule has 1 saturated heterocycles. The highest BCUT2D eigenvalue weighted by Crippen LogP contribution is 2.23. The minimum absolute atomic E-state index is 0.0600. The van der Waals surface area contributed by atoms with Crippen molar-refractivity contribution in [3.8, 4) is 0 Å². The zero-order chi connectivity index (χ0) is 10.6. The van der Waals surface area contributed by atoms with Gasteiger partial charge in [0.25, 0.3) is 0 Å². The number of nitrogens with zero attached hydrogens (tertiary/aromatic N) is 1. The molecule has 0 aromatic carbocycles. The lowest BCUT2D eigenvalue weighted by Crippen LogP contribution is -2.25. The van der Waals surface area contributed by atoms with Gasteiger partial charge in [-0.25, -0.2) is 0 Å². The molecule has 1 heterocycles. The number of hydrogen-bond donors (Lipinski definition) is 0. The largest absolute Gasteiger partial charge is 0.469 e. The summed E-state index contributed by atoms with van der Waals surface area (Å²) in [4.78, 5) is 13.7. The van der Waals surface area contributed by atoms with Crippen LogP contribution in [-0.4, -0.2) is 37.6 Å². The summed E-state index contributed by atoms with van der Waals surface area (Å²) in [5.74, 6) is 0.399. The molecule has 1 fully saturated rings. The van der Waals surface area contributed by atoms with Crippen molar-refractivity contribution in [3.05, 3.63) is 12.7 Å². The Kier molecular flexibility index (Phi) is 4.14. The van der Waals surface area contributed by atoms with Crippen molar-refractivity contribution in [1.29, 1.82) is 0 Å². The predicted octanol–water partition coefficient (Wildman–Crippen LogP) is 1.30. The number of hydrogen-bond acceptors (Lipinski definition) is 3. The van der Waals surface area contributed by atoms with E-state index in [1.165, 1.54) is 7.11 Å². The summed E-state index contributed by atoms with van der Waals surface area (Å²) < 4.78 is 4.77. The molecule has 1 rings (SSSR count). The summed E-state index contributed by atoms with van der Waals surface area (Å²) in [6, 6.07) is 0. The molecule has 80 valence electrons. The summed E-state index contributed by atoms with van der Waals surface area (Å²) in [5.41, 5.74) is 0. The summed E-state index contributed by atoms with van der Waals surface area (Å²) >= 11 is 0. The first-order valence-corrected chi connectivity index (χ1v) is 5.10. The summed E-state index contributed by atoms with van der Waals surface area (Å²) in [6.45, 7) is 8.63. The Morgan fingerprint density at radius 3 is 2.93 bits per heavy atom. The van der Waals surface area contributed by atoms with Crippen molar-refractivity contribution >= 4 is 5.97 Å². The van der Waals surface area contributed by atoms with Gasteiger partial charge in [-0.15, -0.1) is 6.58 Å². The van der Waals surface area contributed by atoms with Gasteiger partial charge >= 0.3 is 5.97 Å². The van der Waals surface area contributed by atoms with Gasteiger partial charge in [-0.1, -0.05) is 13.0 Å². The molecule has 14 heavy (non-hydrogen) atoms. The molecule has 0 bridgehead atoms. The van der Waals surface area contributed by atoms with E-state index in [0.717, 1.165) is 26.1 Å². The van der Waals surface area contributed by atoms with Gasteiger partial charge in [0.2, 0.25) is 0 Å². The average Bonchev–Trinajstić information content (AvgIpc) is 2.55. The van der Waals surface area contributed by atoms with Gasteiger partial charge in [0.05, 0.1) is 13.0 Å². The lowest BCUT2D eigenvalue weighted by molar-refractivity contribution is -0.146. The fourth-order valence-corrected chi connectivity index (χ4v) is 1.98. The topological polar surface area (TPSA) is 29.5 Å². The molecule has 1 aliphatic rings. The third-order valence-corrected chi connectivity index (χ3v) is 2.84. The van der Waals surface area contributed by atoms with Gasteiger partial charge in [0.1, 0.15) is 0 Å². The van der Waals surface area contributed by atoms with E-state index in [9.17, 15) is 4.79 Å². The van der Waals surface area contributed by atoms with Crippen molar-refractivity contribution in [2.24, 2.45) is 11.8 Å². The van der Waals surface area contributed by atoms with Gasteiger partial charge < -0.3 is 9.64 Å². The second-order valence-electron chi connectivity index (χ2n) is 3.94. The second kappa shape index (κ2) is 5.15. The molecular weight excluding hydrogens is 178 g/mol. The van der Waals surface area contributed by atoms with E-state index in [1.807, 2.05) is 6.08 Å². The molecule has 0 saturated carbocycles. The molecule has 2 unspecified atom stereocenters. The quantitative estimate of drug-likeness (QED) is 0.502. The summed E-state index contributed by atoms with van der Waals surface area (Å²) in [5, 5.41) is 0. The van der Waals surface area contributed by atoms with Crippen molar-refractivity contribution in [2.75, 3.05) is 26.7 Å². The number of carbonyl (C=O) groups is 1. The number of methoxy groups -OCH3 is 1. The third-order valence-electron chi connectivity index (χ3n) is 2.84. The molecule has 0 aromatic rings. The first-order valence-electron chi connectivity index (χ1n) is 5.10. The minimum atomic E-state index is -0.0707. The SMILES string of the molecule is C=CCCN1CC(C)C(C(=O)OC)C1. The van der Waals surface area contributed by atoms with E-state index in [0.29, 0.717) is 5.92 Å². The van der Waals surface area contributed by atoms with Crippen LogP contribution < -0.4 is 0 Å². The Bertz CT molecular complexity index is 215. The second-order valence-corrected chi connectivity index (χ2v) is 3.94. The monoisotopic (exact) mass is 197 g/mol. The smallest absolute Gasteiger partial charge is 0.310 e. The van der Waals surface area contributed by atoms with Crippen molar-refractivity contribution in [1.82, 2.24) is 4.90 Å². The molecule has 0 aliphatic carbocycles. The van der Waals surface area contributed by atoms with Gasteiger partial charge in [0.15, 0.2) is 0 Å². The summed E-state index contributed by atoms with van der Waals surface area (Å²) in [7, 11) is 1.46. The van der Waals surface area contributed by atoms with Crippen LogP contribution in [0.3, 0.4) is 0 Å². The normalized spacial score (nSPS) is 27.6. The molecule has 0 aromatic heterocycles. The zero-order valence-electron chi connectivity index (χ0n) is 9.03. The van der Waals surface area contributed by atoms with E-state index in [4.69, 9.17) is 4.74 Å². The summed E-state index contributed by atoms with van der Waals surface area (Å²) in [6.07, 6.45) is 2.90. The Morgan fingerprint density at radius 1 is 1.64 bits per heavy atom. The van der Waals surface area contributed by atoms with Gasteiger partial charge in [-0.3, -0.25) is 4.79 Å². The van der Waals surface area contributed by atoms with Gasteiger partial charge in [-0.2, -0.15) is 0 Å². The maximum absolute atomic E-state index is 11.4. The molecule has 0 radical (unpaired) electrons. The number of ether oxygens (including phenoxy) is 1. The molecule has 2 atom stereocenters.